The summed E-state index contributed by atoms with van der Waals surface area (Å²) in [5.74, 6) is -2.18. The molecule has 0 heterocycles. The van der Waals surface area contributed by atoms with Crippen LogP contribution < -0.4 is 0 Å². The van der Waals surface area contributed by atoms with Gasteiger partial charge < -0.3 is 33.8 Å². The summed E-state index contributed by atoms with van der Waals surface area (Å²) in [5.41, 5.74) is 0. The zero-order valence-corrected chi connectivity index (χ0v) is 66.8. The van der Waals surface area contributed by atoms with Crippen LogP contribution in [0.3, 0.4) is 0 Å². The van der Waals surface area contributed by atoms with Gasteiger partial charge in [0.25, 0.3) is 0 Å². The Morgan fingerprint density at radius 3 is 0.804 bits per heavy atom. The third-order valence-corrected chi connectivity index (χ3v) is 19.5. The maximum atomic E-state index is 13.1. The highest BCUT2D eigenvalue weighted by Crippen LogP contribution is 2.45. The SMILES string of the molecule is CCC/C=C\C/C=C\CCCCCCCC(=O)OC(COC(=O)CCCCCCCC/C=C\C/C=C\C/C=C\CCCCC)COP(=O)(O)OCC(O)COP(=O)(O)OCC(COC(=O)CCCCCCC/C=C\CCCCCCCC)OC(=O)CCCCCCCCCCCCCCCCC. The number of carbonyl (C=O) groups excluding carboxylic acids is 4. The predicted molar refractivity (Wildman–Crippen MR) is 418 cm³/mol. The molecule has 0 spiro atoms. The highest BCUT2D eigenvalue weighted by atomic mass is 31.2. The molecule has 5 atom stereocenters. The molecule has 0 aromatic heterocycles. The zero-order chi connectivity index (χ0) is 74.6. The number of allylic oxidation sites excluding steroid dienone is 12. The van der Waals surface area contributed by atoms with Gasteiger partial charge in [0.2, 0.25) is 0 Å². The summed E-state index contributed by atoms with van der Waals surface area (Å²) in [6, 6.07) is 0. The largest absolute Gasteiger partial charge is 0.472 e. The van der Waals surface area contributed by atoms with Crippen molar-refractivity contribution in [1.29, 1.82) is 0 Å². The lowest BCUT2D eigenvalue weighted by molar-refractivity contribution is -0.161. The number of phosphoric ester groups is 2. The lowest BCUT2D eigenvalue weighted by atomic mass is 10.0. The molecule has 0 amide bonds. The number of esters is 4. The Kier molecular flexibility index (Phi) is 73.1. The summed E-state index contributed by atoms with van der Waals surface area (Å²) < 4.78 is 68.7. The number of ether oxygens (including phenoxy) is 4. The number of hydrogen-bond donors (Lipinski definition) is 3. The van der Waals surface area contributed by atoms with Gasteiger partial charge in [0, 0.05) is 25.7 Å². The maximum absolute atomic E-state index is 13.1. The van der Waals surface area contributed by atoms with Gasteiger partial charge in [0.15, 0.2) is 12.2 Å². The van der Waals surface area contributed by atoms with E-state index >= 15 is 0 Å². The average Bonchev–Trinajstić information content (AvgIpc) is 0.920. The van der Waals surface area contributed by atoms with Crippen LogP contribution in [-0.2, 0) is 65.4 Å². The van der Waals surface area contributed by atoms with Crippen LogP contribution in [0.25, 0.3) is 0 Å². The average molecular weight is 1480 g/mol. The van der Waals surface area contributed by atoms with Crippen LogP contribution in [0.15, 0.2) is 72.9 Å². The van der Waals surface area contributed by atoms with E-state index in [2.05, 4.69) is 101 Å². The first-order valence-corrected chi connectivity index (χ1v) is 44.2. The molecule has 5 unspecified atom stereocenters. The first kappa shape index (κ1) is 98.5. The van der Waals surface area contributed by atoms with Gasteiger partial charge in [-0.25, -0.2) is 9.13 Å². The second kappa shape index (κ2) is 75.7. The normalized spacial score (nSPS) is 14.2. The van der Waals surface area contributed by atoms with Crippen LogP contribution in [0.5, 0.6) is 0 Å². The molecule has 102 heavy (non-hydrogen) atoms. The van der Waals surface area contributed by atoms with Crippen LogP contribution in [0.1, 0.15) is 374 Å². The van der Waals surface area contributed by atoms with E-state index in [1.54, 1.807) is 0 Å². The van der Waals surface area contributed by atoms with Gasteiger partial charge in [0.05, 0.1) is 26.4 Å². The third-order valence-electron chi connectivity index (χ3n) is 17.6. The molecule has 0 saturated heterocycles. The molecule has 17 nitrogen and oxygen atoms in total. The van der Waals surface area contributed by atoms with E-state index in [-0.39, 0.29) is 25.7 Å². The standard InChI is InChI=1S/C83H150O17P2/c1-5-9-13-17-21-25-29-33-36-37-38-39-42-45-48-52-56-60-64-68-81(86)94-73-78(99-82(87)69-65-61-57-53-49-43-32-28-24-20-16-12-8-4)75-97-101(89,90)95-71-77(84)72-96-102(91,92)98-76-79(100-83(88)70-66-62-58-54-50-46-41-35-31-27-23-19-15-11-7-3)74-93-80(85)67-63-59-55-51-47-44-40-34-30-26-22-18-14-10-6-2/h16,20-21,25,28,32-34,36,38-40,77-79,84H,5-15,17-19,22-24,26-27,29-31,35,37,41-76H2,1-4H3,(H,89,90)(H,91,92)/b20-16-,25-21-,32-28-,36-33-,39-38-,40-34-. The van der Waals surface area contributed by atoms with Gasteiger partial charge in [-0.05, 0) is 116 Å². The third kappa shape index (κ3) is 74.8. The van der Waals surface area contributed by atoms with Crippen molar-refractivity contribution in [2.45, 2.75) is 393 Å². The Hall–Kier alpha value is -3.50. The molecule has 0 bridgehead atoms. The molecule has 0 aromatic carbocycles. The maximum Gasteiger partial charge on any atom is 0.472 e. The van der Waals surface area contributed by atoms with Gasteiger partial charge >= 0.3 is 39.5 Å². The predicted octanol–water partition coefficient (Wildman–Crippen LogP) is 24.0. The molecular weight excluding hydrogens is 1330 g/mol. The van der Waals surface area contributed by atoms with Crippen LogP contribution in [0.2, 0.25) is 0 Å². The second-order valence-corrected chi connectivity index (χ2v) is 30.6. The lowest BCUT2D eigenvalue weighted by Crippen LogP contribution is -2.30. The first-order valence-electron chi connectivity index (χ1n) is 41.2. The Morgan fingerprint density at radius 1 is 0.275 bits per heavy atom. The molecule has 0 rings (SSSR count). The summed E-state index contributed by atoms with van der Waals surface area (Å²) in [6.07, 6.45) is 77.2. The van der Waals surface area contributed by atoms with Gasteiger partial charge in [-0.1, -0.05) is 306 Å². The summed E-state index contributed by atoms with van der Waals surface area (Å²) in [6.45, 7) is 4.81. The Morgan fingerprint density at radius 2 is 0.500 bits per heavy atom. The minimum Gasteiger partial charge on any atom is -0.462 e. The first-order chi connectivity index (χ1) is 49.7. The molecule has 3 N–H and O–H groups in total. The van der Waals surface area contributed by atoms with Gasteiger partial charge in [-0.2, -0.15) is 0 Å². The minimum atomic E-state index is -4.98. The molecule has 0 fully saturated rings. The lowest BCUT2D eigenvalue weighted by Gasteiger charge is -2.21. The van der Waals surface area contributed by atoms with E-state index in [1.165, 1.54) is 122 Å². The number of aliphatic hydroxyl groups excluding tert-OH is 1. The fraction of sp³-hybridized carbons (Fsp3) is 0.807. The number of aliphatic hydroxyl groups is 1. The quantitative estimate of drug-likeness (QED) is 0.0169. The molecule has 0 radical (unpaired) electrons. The van der Waals surface area contributed by atoms with Crippen LogP contribution in [0.4, 0.5) is 0 Å². The van der Waals surface area contributed by atoms with E-state index in [0.717, 1.165) is 173 Å². The molecule has 0 saturated carbocycles. The Bertz CT molecular complexity index is 2210. The number of hydrogen-bond acceptors (Lipinski definition) is 15. The fourth-order valence-corrected chi connectivity index (χ4v) is 12.9. The molecule has 0 aliphatic carbocycles. The van der Waals surface area contributed by atoms with Crippen molar-refractivity contribution in [1.82, 2.24) is 0 Å². The molecule has 0 aliphatic rings. The van der Waals surface area contributed by atoms with Crippen molar-refractivity contribution < 1.29 is 80.2 Å². The van der Waals surface area contributed by atoms with Crippen molar-refractivity contribution in [2.75, 3.05) is 39.6 Å². The van der Waals surface area contributed by atoms with Crippen molar-refractivity contribution in [3.63, 3.8) is 0 Å². The minimum absolute atomic E-state index is 0.0778. The summed E-state index contributed by atoms with van der Waals surface area (Å²) >= 11 is 0. The number of carbonyl (C=O) groups is 4. The topological polar surface area (TPSA) is 237 Å². The Balaban J connectivity index is 5.33. The summed E-state index contributed by atoms with van der Waals surface area (Å²) in [4.78, 5) is 73.0. The Labute approximate surface area is 622 Å². The van der Waals surface area contributed by atoms with Gasteiger partial charge in [-0.15, -0.1) is 0 Å². The van der Waals surface area contributed by atoms with E-state index in [4.69, 9.17) is 37.0 Å². The van der Waals surface area contributed by atoms with E-state index in [9.17, 15) is 43.2 Å². The van der Waals surface area contributed by atoms with Crippen molar-refractivity contribution in [3.05, 3.63) is 72.9 Å². The second-order valence-electron chi connectivity index (χ2n) is 27.7. The van der Waals surface area contributed by atoms with E-state index in [1.807, 2.05) is 0 Å². The van der Waals surface area contributed by atoms with Crippen LogP contribution >= 0.6 is 15.6 Å². The highest BCUT2D eigenvalue weighted by molar-refractivity contribution is 7.47. The van der Waals surface area contributed by atoms with Crippen LogP contribution in [0, 0.1) is 0 Å². The van der Waals surface area contributed by atoms with Gasteiger partial charge in [0.1, 0.15) is 19.3 Å². The van der Waals surface area contributed by atoms with E-state index in [0.29, 0.717) is 25.7 Å². The fourth-order valence-electron chi connectivity index (χ4n) is 11.3. The van der Waals surface area contributed by atoms with Crippen LogP contribution in [-0.4, -0.2) is 96.7 Å². The van der Waals surface area contributed by atoms with Crippen molar-refractivity contribution in [2.24, 2.45) is 0 Å². The number of phosphoric acid groups is 2. The molecule has 594 valence electrons. The monoisotopic (exact) mass is 1480 g/mol. The highest BCUT2D eigenvalue weighted by Gasteiger charge is 2.30. The van der Waals surface area contributed by atoms with Gasteiger partial charge in [-0.3, -0.25) is 37.3 Å². The molecule has 0 aromatic rings. The molecule has 0 aliphatic heterocycles. The molecular formula is C83H150O17P2. The number of unbranched alkanes of at least 4 members (excludes halogenated alkanes) is 40. The van der Waals surface area contributed by atoms with Crippen molar-refractivity contribution in [3.8, 4) is 0 Å². The summed E-state index contributed by atoms with van der Waals surface area (Å²) in [5, 5.41) is 10.6. The van der Waals surface area contributed by atoms with E-state index < -0.39 is 97.5 Å². The smallest absolute Gasteiger partial charge is 0.462 e. The summed E-state index contributed by atoms with van der Waals surface area (Å²) in [7, 11) is -9.95. The zero-order valence-electron chi connectivity index (χ0n) is 65.0. The number of rotatable bonds is 78. The van der Waals surface area contributed by atoms with Crippen molar-refractivity contribution >= 4 is 39.5 Å². The molecule has 19 heteroatoms.